The van der Waals surface area contributed by atoms with E-state index in [1.807, 2.05) is 42.4 Å². The summed E-state index contributed by atoms with van der Waals surface area (Å²) >= 11 is 0. The minimum absolute atomic E-state index is 0.130. The minimum atomic E-state index is -0.219. The average molecular weight is 355 g/mol. The highest BCUT2D eigenvalue weighted by molar-refractivity contribution is 5.92. The Bertz CT molecular complexity index is 784. The third-order valence-corrected chi connectivity index (χ3v) is 4.54. The van der Waals surface area contributed by atoms with Crippen molar-refractivity contribution in [3.8, 4) is 0 Å². The van der Waals surface area contributed by atoms with E-state index in [-0.39, 0.29) is 17.9 Å². The van der Waals surface area contributed by atoms with Crippen molar-refractivity contribution in [1.29, 1.82) is 0 Å². The number of rotatable bonds is 5. The van der Waals surface area contributed by atoms with Gasteiger partial charge in [-0.05, 0) is 24.5 Å². The maximum atomic E-state index is 12.4. The Hall–Kier alpha value is -2.70. The molecule has 0 bridgehead atoms. The molecule has 1 aliphatic rings. The predicted molar refractivity (Wildman–Crippen MR) is 97.2 cm³/mol. The number of hydrogen-bond donors (Lipinski definition) is 1. The number of carbonyl (C=O) groups excluding carboxylic acids is 2. The third kappa shape index (κ3) is 3.92. The van der Waals surface area contributed by atoms with E-state index < -0.39 is 0 Å². The number of fused-ring (bicyclic) bond motifs is 1. The Morgan fingerprint density at radius 1 is 1.35 bits per heavy atom. The number of imidazole rings is 1. The lowest BCUT2D eigenvalue weighted by Crippen LogP contribution is -2.41. The molecule has 2 aromatic rings. The largest absolute Gasteiger partial charge is 0.347 e. The molecule has 26 heavy (non-hydrogen) atoms. The molecule has 0 aliphatic carbocycles. The molecule has 1 aliphatic heterocycles. The van der Waals surface area contributed by atoms with Crippen LogP contribution >= 0.6 is 0 Å². The zero-order valence-electron chi connectivity index (χ0n) is 15.5. The molecule has 2 aromatic heterocycles. The lowest BCUT2D eigenvalue weighted by molar-refractivity contribution is -0.135. The minimum Gasteiger partial charge on any atom is -0.347 e. The molecule has 138 valence electrons. The molecule has 3 rings (SSSR count). The first-order chi connectivity index (χ1) is 12.5. The Morgan fingerprint density at radius 2 is 2.15 bits per heavy atom. The molecule has 1 atom stereocenters. The first-order valence-electron chi connectivity index (χ1n) is 8.99. The molecule has 0 fully saturated rings. The van der Waals surface area contributed by atoms with Crippen LogP contribution in [0.15, 0.2) is 30.7 Å². The van der Waals surface area contributed by atoms with Crippen LogP contribution in [0.4, 0.5) is 0 Å². The molecule has 2 amide bonds. The highest BCUT2D eigenvalue weighted by Crippen LogP contribution is 2.26. The van der Waals surface area contributed by atoms with E-state index in [4.69, 9.17) is 0 Å². The van der Waals surface area contributed by atoms with Crippen LogP contribution in [-0.4, -0.2) is 37.8 Å². The van der Waals surface area contributed by atoms with Gasteiger partial charge in [-0.15, -0.1) is 0 Å². The highest BCUT2D eigenvalue weighted by Gasteiger charge is 2.30. The smallest absolute Gasteiger partial charge is 0.271 e. The van der Waals surface area contributed by atoms with Gasteiger partial charge in [0.1, 0.15) is 11.5 Å². The van der Waals surface area contributed by atoms with Gasteiger partial charge in [0.25, 0.3) is 5.91 Å². The Morgan fingerprint density at radius 3 is 2.85 bits per heavy atom. The molecule has 0 radical (unpaired) electrons. The molecule has 1 N–H and O–H groups in total. The summed E-state index contributed by atoms with van der Waals surface area (Å²) < 4.78 is 1.98. The van der Waals surface area contributed by atoms with Crippen molar-refractivity contribution in [2.24, 2.45) is 5.92 Å². The van der Waals surface area contributed by atoms with E-state index in [1.165, 1.54) is 0 Å². The van der Waals surface area contributed by atoms with Gasteiger partial charge in [0, 0.05) is 44.6 Å². The van der Waals surface area contributed by atoms with Gasteiger partial charge in [0.15, 0.2) is 0 Å². The van der Waals surface area contributed by atoms with Crippen molar-refractivity contribution >= 4 is 11.8 Å². The zero-order chi connectivity index (χ0) is 18.7. The summed E-state index contributed by atoms with van der Waals surface area (Å²) in [5.41, 5.74) is 1.32. The summed E-state index contributed by atoms with van der Waals surface area (Å²) in [4.78, 5) is 35.2. The highest BCUT2D eigenvalue weighted by atomic mass is 16.2. The Labute approximate surface area is 153 Å². The first-order valence-corrected chi connectivity index (χ1v) is 8.99. The number of nitrogens with zero attached hydrogens (tertiary/aromatic N) is 4. The van der Waals surface area contributed by atoms with E-state index in [2.05, 4.69) is 15.3 Å². The van der Waals surface area contributed by atoms with Crippen LogP contribution in [-0.2, 0) is 17.9 Å². The second-order valence-corrected chi connectivity index (χ2v) is 7.08. The summed E-state index contributed by atoms with van der Waals surface area (Å²) in [5.74, 6) is 1.01. The van der Waals surface area contributed by atoms with E-state index in [9.17, 15) is 9.59 Å². The van der Waals surface area contributed by atoms with Crippen molar-refractivity contribution in [3.63, 3.8) is 0 Å². The van der Waals surface area contributed by atoms with Gasteiger partial charge in [-0.25, -0.2) is 4.98 Å². The number of amides is 2. The van der Waals surface area contributed by atoms with Crippen LogP contribution < -0.4 is 5.32 Å². The van der Waals surface area contributed by atoms with Crippen LogP contribution in [0.5, 0.6) is 0 Å². The summed E-state index contributed by atoms with van der Waals surface area (Å²) in [6.07, 6.45) is 5.72. The molecule has 0 spiro atoms. The van der Waals surface area contributed by atoms with Gasteiger partial charge in [-0.3, -0.25) is 14.6 Å². The molecular formula is C19H25N5O2. The molecule has 0 saturated heterocycles. The van der Waals surface area contributed by atoms with Gasteiger partial charge in [0.2, 0.25) is 5.91 Å². The molecule has 0 saturated carbocycles. The Kier molecular flexibility index (Phi) is 5.35. The number of aromatic nitrogens is 3. The number of carbonyl (C=O) groups is 2. The quantitative estimate of drug-likeness (QED) is 0.891. The molecule has 7 nitrogen and oxygen atoms in total. The zero-order valence-corrected chi connectivity index (χ0v) is 15.5. The third-order valence-electron chi connectivity index (χ3n) is 4.54. The second-order valence-electron chi connectivity index (χ2n) is 7.08. The van der Waals surface area contributed by atoms with Crippen molar-refractivity contribution in [1.82, 2.24) is 24.8 Å². The number of pyridine rings is 1. The van der Waals surface area contributed by atoms with Gasteiger partial charge >= 0.3 is 0 Å². The maximum absolute atomic E-state index is 12.4. The van der Waals surface area contributed by atoms with E-state index >= 15 is 0 Å². The molecule has 3 heterocycles. The van der Waals surface area contributed by atoms with Gasteiger partial charge in [-0.2, -0.15) is 0 Å². The lowest BCUT2D eigenvalue weighted by Gasteiger charge is -2.34. The summed E-state index contributed by atoms with van der Waals surface area (Å²) in [6, 6.07) is 3.61. The van der Waals surface area contributed by atoms with Crippen LogP contribution in [0.2, 0.25) is 0 Å². The molecule has 0 aromatic carbocycles. The van der Waals surface area contributed by atoms with Gasteiger partial charge < -0.3 is 14.8 Å². The first kappa shape index (κ1) is 18.1. The fourth-order valence-corrected chi connectivity index (χ4v) is 3.18. The van der Waals surface area contributed by atoms with E-state index in [0.29, 0.717) is 37.7 Å². The monoisotopic (exact) mass is 355 g/mol. The van der Waals surface area contributed by atoms with Gasteiger partial charge in [-0.1, -0.05) is 19.9 Å². The van der Waals surface area contributed by atoms with E-state index in [1.54, 1.807) is 18.6 Å². The van der Waals surface area contributed by atoms with Crippen LogP contribution in [0.25, 0.3) is 0 Å². The standard InChI is InChI=1S/C19H25N5O2/c1-13(2)9-17(25)24-8-7-23-12-16(22-18(23)14(24)3)19(26)21-11-15-5-4-6-20-10-15/h4-6,10,12-14H,7-9,11H2,1-3H3,(H,21,26). The summed E-state index contributed by atoms with van der Waals surface area (Å²) in [7, 11) is 0. The predicted octanol–water partition coefficient (Wildman–Crippen LogP) is 2.16. The normalized spacial score (nSPS) is 16.5. The second kappa shape index (κ2) is 7.68. The van der Waals surface area contributed by atoms with Crippen LogP contribution in [0, 0.1) is 5.92 Å². The number of nitrogens with one attached hydrogen (secondary N) is 1. The van der Waals surface area contributed by atoms with Crippen molar-refractivity contribution in [2.45, 2.75) is 46.3 Å². The van der Waals surface area contributed by atoms with Crippen LogP contribution in [0.3, 0.4) is 0 Å². The molecular weight excluding hydrogens is 330 g/mol. The topological polar surface area (TPSA) is 80.1 Å². The van der Waals surface area contributed by atoms with Gasteiger partial charge in [0.05, 0.1) is 6.04 Å². The SMILES string of the molecule is CC(C)CC(=O)N1CCn2cc(C(=O)NCc3cccnc3)nc2C1C. The van der Waals surface area contributed by atoms with Crippen molar-refractivity contribution < 1.29 is 9.59 Å². The Balaban J connectivity index is 1.68. The average Bonchev–Trinajstić information content (AvgIpc) is 3.05. The van der Waals surface area contributed by atoms with Crippen LogP contribution in [0.1, 0.15) is 55.1 Å². The van der Waals surface area contributed by atoms with Crippen molar-refractivity contribution in [2.75, 3.05) is 6.54 Å². The number of hydrogen-bond acceptors (Lipinski definition) is 4. The fourth-order valence-electron chi connectivity index (χ4n) is 3.18. The molecule has 7 heteroatoms. The summed E-state index contributed by atoms with van der Waals surface area (Å²) in [5, 5.41) is 2.86. The summed E-state index contributed by atoms with van der Waals surface area (Å²) in [6.45, 7) is 7.76. The maximum Gasteiger partial charge on any atom is 0.271 e. The van der Waals surface area contributed by atoms with E-state index in [0.717, 1.165) is 11.4 Å². The van der Waals surface area contributed by atoms with Crippen molar-refractivity contribution in [3.05, 3.63) is 47.8 Å². The lowest BCUT2D eigenvalue weighted by atomic mass is 10.1. The fraction of sp³-hybridized carbons (Fsp3) is 0.474. The molecule has 1 unspecified atom stereocenters.